The second kappa shape index (κ2) is 11.3. The summed E-state index contributed by atoms with van der Waals surface area (Å²) in [7, 11) is 1.97. The lowest BCUT2D eigenvalue weighted by Gasteiger charge is -2.12. The Balaban J connectivity index is 1.21. The molecule has 0 unspecified atom stereocenters. The number of benzene rings is 3. The number of pyridine rings is 1. The Bertz CT molecular complexity index is 1990. The van der Waals surface area contributed by atoms with Gasteiger partial charge in [-0.25, -0.2) is 19.9 Å². The third-order valence-electron chi connectivity index (χ3n) is 6.65. The average Bonchev–Trinajstić information content (AvgIpc) is 3.37. The van der Waals surface area contributed by atoms with Crippen molar-refractivity contribution >= 4 is 57.3 Å². The highest BCUT2D eigenvalue weighted by Crippen LogP contribution is 2.31. The molecule has 2 N–H and O–H groups in total. The van der Waals surface area contributed by atoms with Crippen LogP contribution in [0.25, 0.3) is 34.2 Å². The molecule has 42 heavy (non-hydrogen) atoms. The number of hydrogen-bond donors (Lipinski definition) is 2. The molecule has 0 bridgehead atoms. The van der Waals surface area contributed by atoms with Crippen LogP contribution in [0.3, 0.4) is 0 Å². The van der Waals surface area contributed by atoms with E-state index in [0.29, 0.717) is 17.0 Å². The van der Waals surface area contributed by atoms with Crippen LogP contribution in [0.1, 0.15) is 16.8 Å². The van der Waals surface area contributed by atoms with Gasteiger partial charge in [0.15, 0.2) is 5.82 Å². The topological polar surface area (TPSA) is 107 Å². The van der Waals surface area contributed by atoms with Crippen molar-refractivity contribution in [3.8, 4) is 11.5 Å². The van der Waals surface area contributed by atoms with E-state index in [1.165, 1.54) is 12.4 Å². The van der Waals surface area contributed by atoms with Gasteiger partial charge in [-0.2, -0.15) is 0 Å². The average molecular weight is 554 g/mol. The number of nitrogens with one attached hydrogen (secondary N) is 2. The second-order valence-electron chi connectivity index (χ2n) is 9.69. The van der Waals surface area contributed by atoms with E-state index in [0.717, 1.165) is 50.6 Å². The van der Waals surface area contributed by atoms with Gasteiger partial charge in [-0.1, -0.05) is 24.8 Å². The minimum Gasteiger partial charge on any atom is -0.457 e. The fourth-order valence-electron chi connectivity index (χ4n) is 4.52. The summed E-state index contributed by atoms with van der Waals surface area (Å²) in [6.45, 7) is 5.48. The summed E-state index contributed by atoms with van der Waals surface area (Å²) in [4.78, 5) is 29.7. The molecule has 6 rings (SSSR count). The van der Waals surface area contributed by atoms with Gasteiger partial charge in [-0.15, -0.1) is 0 Å². The van der Waals surface area contributed by atoms with Crippen LogP contribution in [0.4, 0.5) is 17.2 Å². The van der Waals surface area contributed by atoms with Crippen molar-refractivity contribution in [1.29, 1.82) is 0 Å². The number of amides is 1. The van der Waals surface area contributed by atoms with Crippen LogP contribution in [0, 0.1) is 6.92 Å². The quantitative estimate of drug-likeness (QED) is 0.195. The van der Waals surface area contributed by atoms with Gasteiger partial charge in [0.1, 0.15) is 23.3 Å². The van der Waals surface area contributed by atoms with Crippen molar-refractivity contribution in [3.05, 3.63) is 115 Å². The first-order valence-electron chi connectivity index (χ1n) is 13.2. The first kappa shape index (κ1) is 26.4. The zero-order valence-corrected chi connectivity index (χ0v) is 23.1. The lowest BCUT2D eigenvalue weighted by atomic mass is 10.1. The number of imidazole rings is 1. The first-order chi connectivity index (χ1) is 20.4. The van der Waals surface area contributed by atoms with E-state index in [9.17, 15) is 4.79 Å². The van der Waals surface area contributed by atoms with Crippen LogP contribution in [-0.2, 0) is 11.8 Å². The molecule has 0 saturated heterocycles. The van der Waals surface area contributed by atoms with Crippen molar-refractivity contribution in [2.45, 2.75) is 6.92 Å². The van der Waals surface area contributed by atoms with Crippen molar-refractivity contribution < 1.29 is 9.53 Å². The lowest BCUT2D eigenvalue weighted by Crippen LogP contribution is -2.06. The summed E-state index contributed by atoms with van der Waals surface area (Å²) in [5.74, 6) is 1.82. The van der Waals surface area contributed by atoms with Gasteiger partial charge in [0.25, 0.3) is 0 Å². The maximum absolute atomic E-state index is 11.6. The van der Waals surface area contributed by atoms with E-state index < -0.39 is 0 Å². The predicted octanol–water partition coefficient (Wildman–Crippen LogP) is 7.05. The fraction of sp³-hybridized carbons (Fsp3) is 0.0606. The van der Waals surface area contributed by atoms with E-state index in [-0.39, 0.29) is 5.91 Å². The number of nitrogens with zero attached hydrogens (tertiary/aromatic N) is 5. The Morgan fingerprint density at radius 3 is 2.69 bits per heavy atom. The maximum atomic E-state index is 11.6. The summed E-state index contributed by atoms with van der Waals surface area (Å²) >= 11 is 0. The Hall–Kier alpha value is -5.83. The maximum Gasteiger partial charge on any atom is 0.247 e. The number of aryl methyl sites for hydroxylation is 2. The lowest BCUT2D eigenvalue weighted by molar-refractivity contribution is -0.111. The van der Waals surface area contributed by atoms with E-state index in [1.54, 1.807) is 6.33 Å². The molecule has 0 saturated carbocycles. The van der Waals surface area contributed by atoms with Crippen LogP contribution < -0.4 is 15.4 Å². The molecule has 9 heteroatoms. The SMILES string of the molecule is C=CC(=O)Nc1cccc(/C=C/c2ccc3ncnc(Nc4ccc(Oc5ccc6c(c5)ncn6C)c(C)c4)c3n2)c1. The van der Waals surface area contributed by atoms with Crippen molar-refractivity contribution in [3.63, 3.8) is 0 Å². The van der Waals surface area contributed by atoms with E-state index in [1.807, 2.05) is 103 Å². The third kappa shape index (κ3) is 5.71. The Kier molecular flexibility index (Phi) is 7.13. The number of carbonyl (C=O) groups is 1. The number of hydrogen-bond acceptors (Lipinski definition) is 7. The molecule has 3 heterocycles. The first-order valence-corrected chi connectivity index (χ1v) is 13.2. The van der Waals surface area contributed by atoms with E-state index >= 15 is 0 Å². The molecule has 0 aliphatic carbocycles. The van der Waals surface area contributed by atoms with Gasteiger partial charge >= 0.3 is 0 Å². The molecule has 0 aliphatic heterocycles. The number of ether oxygens (including phenoxy) is 1. The highest BCUT2D eigenvalue weighted by atomic mass is 16.5. The van der Waals surface area contributed by atoms with Gasteiger partial charge < -0.3 is 19.9 Å². The highest BCUT2D eigenvalue weighted by molar-refractivity contribution is 5.99. The van der Waals surface area contributed by atoms with Crippen molar-refractivity contribution in [1.82, 2.24) is 24.5 Å². The summed E-state index contributed by atoms with van der Waals surface area (Å²) in [6, 6.07) is 23.1. The molecule has 3 aromatic heterocycles. The third-order valence-corrected chi connectivity index (χ3v) is 6.65. The molecular weight excluding hydrogens is 526 g/mol. The zero-order chi connectivity index (χ0) is 29.1. The van der Waals surface area contributed by atoms with Gasteiger partial charge in [0.2, 0.25) is 5.91 Å². The minimum atomic E-state index is -0.257. The van der Waals surface area contributed by atoms with Crippen molar-refractivity contribution in [2.24, 2.45) is 7.05 Å². The zero-order valence-electron chi connectivity index (χ0n) is 23.1. The summed E-state index contributed by atoms with van der Waals surface area (Å²) in [5.41, 5.74) is 7.46. The number of aromatic nitrogens is 5. The van der Waals surface area contributed by atoms with Gasteiger partial charge in [0, 0.05) is 24.5 Å². The van der Waals surface area contributed by atoms with Crippen LogP contribution in [0.15, 0.2) is 98.1 Å². The van der Waals surface area contributed by atoms with Crippen LogP contribution in [0.5, 0.6) is 11.5 Å². The molecule has 1 amide bonds. The van der Waals surface area contributed by atoms with Crippen LogP contribution >= 0.6 is 0 Å². The standard InChI is InChI=1S/C33H27N7O2/c1-4-31(41)37-24-7-5-6-22(17-24)8-9-23-10-13-27-32(38-23)33(35-19-34-27)39-25-11-15-30(21(2)16-25)42-26-12-14-29-28(18-26)36-20-40(29)3/h4-20H,1H2,2-3H3,(H,37,41)(H,34,35,39)/b9-8+. The van der Waals surface area contributed by atoms with E-state index in [4.69, 9.17) is 9.72 Å². The number of rotatable bonds is 8. The number of anilines is 3. The monoisotopic (exact) mass is 553 g/mol. The molecule has 9 nitrogen and oxygen atoms in total. The Labute approximate surface area is 242 Å². The predicted molar refractivity (Wildman–Crippen MR) is 167 cm³/mol. The van der Waals surface area contributed by atoms with E-state index in [2.05, 4.69) is 32.2 Å². The van der Waals surface area contributed by atoms with Gasteiger partial charge in [0.05, 0.1) is 28.6 Å². The largest absolute Gasteiger partial charge is 0.457 e. The van der Waals surface area contributed by atoms with Gasteiger partial charge in [-0.05, 0) is 84.8 Å². The molecular formula is C33H27N7O2. The smallest absolute Gasteiger partial charge is 0.247 e. The number of fused-ring (bicyclic) bond motifs is 2. The van der Waals surface area contributed by atoms with Crippen molar-refractivity contribution in [2.75, 3.05) is 10.6 Å². The summed E-state index contributed by atoms with van der Waals surface area (Å²) in [6.07, 6.45) is 8.38. The second-order valence-corrected chi connectivity index (χ2v) is 9.69. The molecule has 0 atom stereocenters. The molecule has 206 valence electrons. The van der Waals surface area contributed by atoms with Crippen LogP contribution in [0.2, 0.25) is 0 Å². The highest BCUT2D eigenvalue weighted by Gasteiger charge is 2.10. The summed E-state index contributed by atoms with van der Waals surface area (Å²) < 4.78 is 8.14. The molecule has 0 fully saturated rings. The Morgan fingerprint density at radius 2 is 1.83 bits per heavy atom. The molecule has 0 aliphatic rings. The minimum absolute atomic E-state index is 0.257. The fourth-order valence-corrected chi connectivity index (χ4v) is 4.52. The van der Waals surface area contributed by atoms with Gasteiger partial charge in [-0.3, -0.25) is 4.79 Å². The molecule has 3 aromatic carbocycles. The summed E-state index contributed by atoms with van der Waals surface area (Å²) in [5, 5.41) is 6.15. The normalized spacial score (nSPS) is 11.2. The molecule has 0 spiro atoms. The Morgan fingerprint density at radius 1 is 0.929 bits per heavy atom. The number of carbonyl (C=O) groups excluding carboxylic acids is 1. The molecule has 6 aromatic rings. The van der Waals surface area contributed by atoms with Crippen LogP contribution in [-0.4, -0.2) is 30.4 Å². The molecule has 0 radical (unpaired) electrons.